The van der Waals surface area contributed by atoms with E-state index in [0.717, 1.165) is 10.2 Å². The monoisotopic (exact) mass is 235 g/mol. The van der Waals surface area contributed by atoms with Crippen LogP contribution in [0.1, 0.15) is 5.69 Å². The summed E-state index contributed by atoms with van der Waals surface area (Å²) in [6.07, 6.45) is 1.65. The van der Waals surface area contributed by atoms with E-state index in [0.29, 0.717) is 10.8 Å². The summed E-state index contributed by atoms with van der Waals surface area (Å²) in [7, 11) is 1.57. The van der Waals surface area contributed by atoms with Gasteiger partial charge in [-0.05, 0) is 22.9 Å². The minimum absolute atomic E-state index is 0.569. The second-order valence-electron chi connectivity index (χ2n) is 2.04. The highest BCUT2D eigenvalue weighted by Gasteiger charge is 2.08. The minimum atomic E-state index is 0.569. The van der Waals surface area contributed by atoms with Gasteiger partial charge in [-0.1, -0.05) is 11.6 Å². The number of hydrogen-bond acceptors (Lipinski definition) is 2. The summed E-state index contributed by atoms with van der Waals surface area (Å²) >= 11 is 9.13. The lowest BCUT2D eigenvalue weighted by Crippen LogP contribution is -1.91. The molecule has 0 aliphatic carbocycles. The van der Waals surface area contributed by atoms with Crippen molar-refractivity contribution in [2.45, 2.75) is 6.92 Å². The summed E-state index contributed by atoms with van der Waals surface area (Å²) in [6, 6.07) is 0. The van der Waals surface area contributed by atoms with Gasteiger partial charge in [0.1, 0.15) is 5.02 Å². The third-order valence-corrected chi connectivity index (χ3v) is 2.52. The minimum Gasteiger partial charge on any atom is -0.493 e. The number of aryl methyl sites for hydroxylation is 1. The maximum absolute atomic E-state index is 5.89. The standard InChI is InChI=1S/C7H7BrClNO/c1-4-7(11-2)6(9)5(8)3-10-4/h3H,1-2H3. The lowest BCUT2D eigenvalue weighted by atomic mass is 10.3. The third-order valence-electron chi connectivity index (χ3n) is 1.31. The highest BCUT2D eigenvalue weighted by atomic mass is 79.9. The molecule has 0 atom stereocenters. The summed E-state index contributed by atoms with van der Waals surface area (Å²) in [5.41, 5.74) is 0.792. The van der Waals surface area contributed by atoms with Crippen molar-refractivity contribution < 1.29 is 4.74 Å². The van der Waals surface area contributed by atoms with Gasteiger partial charge in [0.2, 0.25) is 0 Å². The van der Waals surface area contributed by atoms with Crippen LogP contribution in [0, 0.1) is 6.92 Å². The number of methoxy groups -OCH3 is 1. The molecule has 0 saturated carbocycles. The maximum Gasteiger partial charge on any atom is 0.159 e. The van der Waals surface area contributed by atoms with Crippen molar-refractivity contribution in [1.29, 1.82) is 0 Å². The van der Waals surface area contributed by atoms with E-state index < -0.39 is 0 Å². The number of nitrogens with zero attached hydrogens (tertiary/aromatic N) is 1. The Hall–Kier alpha value is -0.280. The Bertz CT molecular complexity index is 277. The first-order chi connectivity index (χ1) is 5.16. The van der Waals surface area contributed by atoms with Gasteiger partial charge in [-0.15, -0.1) is 0 Å². The average molecular weight is 236 g/mol. The van der Waals surface area contributed by atoms with Gasteiger partial charge < -0.3 is 4.74 Å². The molecule has 0 N–H and O–H groups in total. The Morgan fingerprint density at radius 2 is 2.27 bits per heavy atom. The van der Waals surface area contributed by atoms with Crippen LogP contribution in [-0.4, -0.2) is 12.1 Å². The van der Waals surface area contributed by atoms with Gasteiger partial charge in [0, 0.05) is 6.20 Å². The lowest BCUT2D eigenvalue weighted by Gasteiger charge is -2.06. The zero-order chi connectivity index (χ0) is 8.43. The normalized spacial score (nSPS) is 9.82. The van der Waals surface area contributed by atoms with E-state index in [2.05, 4.69) is 20.9 Å². The fraction of sp³-hybridized carbons (Fsp3) is 0.286. The van der Waals surface area contributed by atoms with Gasteiger partial charge in [-0.25, -0.2) is 0 Å². The van der Waals surface area contributed by atoms with Crippen molar-refractivity contribution in [2.75, 3.05) is 7.11 Å². The van der Waals surface area contributed by atoms with Gasteiger partial charge in [0.15, 0.2) is 5.75 Å². The van der Waals surface area contributed by atoms with Crippen LogP contribution < -0.4 is 4.74 Å². The first-order valence-corrected chi connectivity index (χ1v) is 4.18. The zero-order valence-corrected chi connectivity index (χ0v) is 8.53. The van der Waals surface area contributed by atoms with Crippen molar-refractivity contribution in [3.63, 3.8) is 0 Å². The second-order valence-corrected chi connectivity index (χ2v) is 3.27. The number of pyridine rings is 1. The van der Waals surface area contributed by atoms with Crippen LogP contribution in [-0.2, 0) is 0 Å². The maximum atomic E-state index is 5.89. The molecule has 1 aromatic rings. The van der Waals surface area contributed by atoms with Gasteiger partial charge in [-0.2, -0.15) is 0 Å². The molecule has 0 aromatic carbocycles. The number of aromatic nitrogens is 1. The summed E-state index contributed by atoms with van der Waals surface area (Å²) in [6.45, 7) is 1.84. The largest absolute Gasteiger partial charge is 0.493 e. The molecule has 0 radical (unpaired) electrons. The predicted molar refractivity (Wildman–Crippen MR) is 48.2 cm³/mol. The molecule has 1 heterocycles. The number of rotatable bonds is 1. The molecule has 1 rings (SSSR count). The van der Waals surface area contributed by atoms with Crippen LogP contribution >= 0.6 is 27.5 Å². The Morgan fingerprint density at radius 3 is 2.73 bits per heavy atom. The molecule has 2 nitrogen and oxygen atoms in total. The Labute approximate surface area is 78.7 Å². The first-order valence-electron chi connectivity index (χ1n) is 3.01. The van der Waals surface area contributed by atoms with E-state index in [1.807, 2.05) is 6.92 Å². The fourth-order valence-corrected chi connectivity index (χ4v) is 1.32. The van der Waals surface area contributed by atoms with E-state index in [1.54, 1.807) is 13.3 Å². The quantitative estimate of drug-likeness (QED) is 0.748. The Kier molecular flexibility index (Phi) is 2.73. The molecule has 4 heteroatoms. The summed E-state index contributed by atoms with van der Waals surface area (Å²) in [5.74, 6) is 0.626. The fourth-order valence-electron chi connectivity index (χ4n) is 0.773. The summed E-state index contributed by atoms with van der Waals surface area (Å²) in [4.78, 5) is 4.05. The van der Waals surface area contributed by atoms with Gasteiger partial charge >= 0.3 is 0 Å². The van der Waals surface area contributed by atoms with Crippen molar-refractivity contribution in [3.8, 4) is 5.75 Å². The SMILES string of the molecule is COc1c(C)ncc(Br)c1Cl. The van der Waals surface area contributed by atoms with Crippen molar-refractivity contribution in [3.05, 3.63) is 21.4 Å². The Morgan fingerprint density at radius 1 is 1.64 bits per heavy atom. The first kappa shape index (κ1) is 8.81. The van der Waals surface area contributed by atoms with Gasteiger partial charge in [-0.3, -0.25) is 4.98 Å². The van der Waals surface area contributed by atoms with Crippen LogP contribution in [0.5, 0.6) is 5.75 Å². The molecule has 1 aromatic heterocycles. The molecule has 0 unspecified atom stereocenters. The number of halogens is 2. The molecule has 0 spiro atoms. The molecule has 60 valence electrons. The highest BCUT2D eigenvalue weighted by molar-refractivity contribution is 9.10. The van der Waals surface area contributed by atoms with Crippen molar-refractivity contribution in [1.82, 2.24) is 4.98 Å². The number of ether oxygens (including phenoxy) is 1. The highest BCUT2D eigenvalue weighted by Crippen LogP contribution is 2.32. The molecule has 0 amide bonds. The third kappa shape index (κ3) is 1.65. The number of hydrogen-bond donors (Lipinski definition) is 0. The Balaban J connectivity index is 3.29. The molecule has 0 saturated heterocycles. The van der Waals surface area contributed by atoms with Gasteiger partial charge in [0.25, 0.3) is 0 Å². The molecule has 11 heavy (non-hydrogen) atoms. The van der Waals surface area contributed by atoms with Gasteiger partial charge in [0.05, 0.1) is 17.3 Å². The second kappa shape index (κ2) is 3.41. The van der Waals surface area contributed by atoms with Crippen LogP contribution in [0.2, 0.25) is 5.02 Å². The van der Waals surface area contributed by atoms with E-state index in [-0.39, 0.29) is 0 Å². The molecule has 0 bridgehead atoms. The smallest absolute Gasteiger partial charge is 0.159 e. The van der Waals surface area contributed by atoms with Crippen LogP contribution in [0.25, 0.3) is 0 Å². The predicted octanol–water partition coefficient (Wildman–Crippen LogP) is 2.81. The lowest BCUT2D eigenvalue weighted by molar-refractivity contribution is 0.409. The van der Waals surface area contributed by atoms with E-state index in [1.165, 1.54) is 0 Å². The molecule has 0 fully saturated rings. The molecule has 0 aliphatic heterocycles. The van der Waals surface area contributed by atoms with E-state index in [9.17, 15) is 0 Å². The molecular formula is C7H7BrClNO. The summed E-state index contributed by atoms with van der Waals surface area (Å²) < 4.78 is 5.78. The summed E-state index contributed by atoms with van der Waals surface area (Å²) in [5, 5.41) is 0.569. The van der Waals surface area contributed by atoms with Crippen molar-refractivity contribution >= 4 is 27.5 Å². The van der Waals surface area contributed by atoms with E-state index in [4.69, 9.17) is 16.3 Å². The molecule has 0 aliphatic rings. The zero-order valence-electron chi connectivity index (χ0n) is 6.19. The van der Waals surface area contributed by atoms with Crippen molar-refractivity contribution in [2.24, 2.45) is 0 Å². The average Bonchev–Trinajstić information content (AvgIpc) is 1.99. The van der Waals surface area contributed by atoms with Crippen LogP contribution in [0.15, 0.2) is 10.7 Å². The van der Waals surface area contributed by atoms with Crippen LogP contribution in [0.4, 0.5) is 0 Å². The molecular weight excluding hydrogens is 229 g/mol. The van der Waals surface area contributed by atoms with E-state index >= 15 is 0 Å². The topological polar surface area (TPSA) is 22.1 Å². The van der Waals surface area contributed by atoms with Crippen LogP contribution in [0.3, 0.4) is 0 Å².